The molecule has 1 rings (SSSR count). The van der Waals surface area contributed by atoms with E-state index in [0.717, 1.165) is 22.6 Å². The summed E-state index contributed by atoms with van der Waals surface area (Å²) in [5, 5.41) is 8.66. The van der Waals surface area contributed by atoms with E-state index in [1.165, 1.54) is 0 Å². The van der Waals surface area contributed by atoms with Gasteiger partial charge in [-0.3, -0.25) is 4.79 Å². The predicted octanol–water partition coefficient (Wildman–Crippen LogP) is 1.82. The zero-order valence-electron chi connectivity index (χ0n) is 6.53. The minimum atomic E-state index is -1.03. The monoisotopic (exact) mass is 184 g/mol. The molecule has 0 saturated heterocycles. The van der Waals surface area contributed by atoms with Crippen LogP contribution in [0.5, 0.6) is 0 Å². The van der Waals surface area contributed by atoms with Crippen LogP contribution in [0.3, 0.4) is 0 Å². The first-order valence-corrected chi connectivity index (χ1v) is 4.31. The van der Waals surface area contributed by atoms with Crippen LogP contribution in [-0.4, -0.2) is 17.4 Å². The Morgan fingerprint density at radius 2 is 2.42 bits per heavy atom. The van der Waals surface area contributed by atoms with Gasteiger partial charge in [0.25, 0.3) is 0 Å². The predicted molar refractivity (Wildman–Crippen MR) is 46.0 cm³/mol. The largest absolute Gasteiger partial charge is 0.477 e. The number of carboxylic acids is 1. The van der Waals surface area contributed by atoms with Crippen molar-refractivity contribution in [2.24, 2.45) is 0 Å². The van der Waals surface area contributed by atoms with Gasteiger partial charge >= 0.3 is 5.97 Å². The minimum absolute atomic E-state index is 0.141. The van der Waals surface area contributed by atoms with Crippen molar-refractivity contribution < 1.29 is 14.7 Å². The van der Waals surface area contributed by atoms with E-state index in [2.05, 4.69) is 0 Å². The smallest absolute Gasteiger partial charge is 0.346 e. The average molecular weight is 184 g/mol. The van der Waals surface area contributed by atoms with Crippen LogP contribution in [0, 0.1) is 0 Å². The Bertz CT molecular complexity index is 314. The third-order valence-electron chi connectivity index (χ3n) is 1.48. The molecule has 0 aliphatic rings. The number of rotatable bonds is 3. The van der Waals surface area contributed by atoms with Crippen molar-refractivity contribution in [3.05, 3.63) is 21.4 Å². The first kappa shape index (κ1) is 8.93. The van der Waals surface area contributed by atoms with Crippen LogP contribution >= 0.6 is 11.3 Å². The van der Waals surface area contributed by atoms with E-state index in [4.69, 9.17) is 5.11 Å². The molecule has 1 aromatic heterocycles. The summed E-state index contributed by atoms with van der Waals surface area (Å²) in [6.45, 7) is 1.92. The van der Waals surface area contributed by atoms with Gasteiger partial charge in [-0.25, -0.2) is 4.79 Å². The van der Waals surface area contributed by atoms with Crippen molar-refractivity contribution in [3.8, 4) is 0 Å². The Balaban J connectivity index is 3.16. The standard InChI is InChI=1S/C8H8O3S/c1-2-6-3-5(4-9)7(12-6)8(10)11/h3-4H,2H2,1H3,(H,10,11). The van der Waals surface area contributed by atoms with E-state index in [0.29, 0.717) is 6.29 Å². The first-order chi connectivity index (χ1) is 5.69. The molecule has 0 unspecified atom stereocenters. The molecule has 4 heteroatoms. The Morgan fingerprint density at radius 1 is 1.75 bits per heavy atom. The molecule has 64 valence electrons. The van der Waals surface area contributed by atoms with Gasteiger partial charge in [-0.05, 0) is 12.5 Å². The van der Waals surface area contributed by atoms with Crippen LogP contribution in [0.15, 0.2) is 6.07 Å². The summed E-state index contributed by atoms with van der Waals surface area (Å²) < 4.78 is 0. The third kappa shape index (κ3) is 1.53. The van der Waals surface area contributed by atoms with Crippen LogP contribution in [0.1, 0.15) is 31.8 Å². The summed E-state index contributed by atoms with van der Waals surface area (Å²) in [5.74, 6) is -1.03. The molecule has 0 bridgehead atoms. The first-order valence-electron chi connectivity index (χ1n) is 3.50. The maximum Gasteiger partial charge on any atom is 0.346 e. The molecule has 0 fully saturated rings. The number of aromatic carboxylic acids is 1. The zero-order valence-corrected chi connectivity index (χ0v) is 7.35. The Labute approximate surface area is 73.6 Å². The van der Waals surface area contributed by atoms with Crippen molar-refractivity contribution >= 4 is 23.6 Å². The highest BCUT2D eigenvalue weighted by Gasteiger charge is 2.13. The number of aryl methyl sites for hydroxylation is 1. The number of aldehydes is 1. The highest BCUT2D eigenvalue weighted by Crippen LogP contribution is 2.21. The average Bonchev–Trinajstić information content (AvgIpc) is 2.47. The van der Waals surface area contributed by atoms with Gasteiger partial charge in [0, 0.05) is 10.4 Å². The summed E-state index contributed by atoms with van der Waals surface area (Å²) in [6.07, 6.45) is 1.35. The van der Waals surface area contributed by atoms with Gasteiger partial charge in [0.05, 0.1) is 0 Å². The number of carbonyl (C=O) groups excluding carboxylic acids is 1. The van der Waals surface area contributed by atoms with Gasteiger partial charge in [-0.2, -0.15) is 0 Å². The number of hydrogen-bond donors (Lipinski definition) is 1. The van der Waals surface area contributed by atoms with Crippen LogP contribution < -0.4 is 0 Å². The van der Waals surface area contributed by atoms with Gasteiger partial charge in [-0.1, -0.05) is 6.92 Å². The lowest BCUT2D eigenvalue weighted by Crippen LogP contribution is -1.95. The number of hydrogen-bond acceptors (Lipinski definition) is 3. The fraction of sp³-hybridized carbons (Fsp3) is 0.250. The molecular weight excluding hydrogens is 176 g/mol. The molecule has 0 radical (unpaired) electrons. The van der Waals surface area contributed by atoms with Crippen molar-refractivity contribution in [3.63, 3.8) is 0 Å². The molecule has 1 N–H and O–H groups in total. The van der Waals surface area contributed by atoms with E-state index in [1.807, 2.05) is 6.92 Å². The summed E-state index contributed by atoms with van der Waals surface area (Å²) >= 11 is 1.16. The zero-order chi connectivity index (χ0) is 9.14. The van der Waals surface area contributed by atoms with Crippen LogP contribution in [0.4, 0.5) is 0 Å². The second-order valence-electron chi connectivity index (χ2n) is 2.27. The van der Waals surface area contributed by atoms with E-state index < -0.39 is 5.97 Å². The molecule has 0 spiro atoms. The lowest BCUT2D eigenvalue weighted by Gasteiger charge is -1.86. The van der Waals surface area contributed by atoms with Crippen LogP contribution in [-0.2, 0) is 6.42 Å². The van der Waals surface area contributed by atoms with Gasteiger partial charge < -0.3 is 5.11 Å². The number of thiophene rings is 1. The molecule has 12 heavy (non-hydrogen) atoms. The molecule has 1 heterocycles. The lowest BCUT2D eigenvalue weighted by atomic mass is 10.2. The fourth-order valence-corrected chi connectivity index (χ4v) is 1.79. The summed E-state index contributed by atoms with van der Waals surface area (Å²) in [4.78, 5) is 22.0. The molecule has 0 amide bonds. The molecule has 0 aliphatic heterocycles. The Hall–Kier alpha value is -1.16. The summed E-state index contributed by atoms with van der Waals surface area (Å²) in [6, 6.07) is 1.63. The molecule has 0 saturated carbocycles. The van der Waals surface area contributed by atoms with Crippen molar-refractivity contribution in [1.82, 2.24) is 0 Å². The van der Waals surface area contributed by atoms with Crippen LogP contribution in [0.2, 0.25) is 0 Å². The second-order valence-corrected chi connectivity index (χ2v) is 3.41. The van der Waals surface area contributed by atoms with E-state index >= 15 is 0 Å². The van der Waals surface area contributed by atoms with Crippen molar-refractivity contribution in [2.75, 3.05) is 0 Å². The highest BCUT2D eigenvalue weighted by molar-refractivity contribution is 7.14. The van der Waals surface area contributed by atoms with Gasteiger partial charge in [-0.15, -0.1) is 11.3 Å². The lowest BCUT2D eigenvalue weighted by molar-refractivity contribution is 0.0699. The Kier molecular flexibility index (Phi) is 2.60. The van der Waals surface area contributed by atoms with Gasteiger partial charge in [0.1, 0.15) is 4.88 Å². The fourth-order valence-electron chi connectivity index (χ4n) is 0.887. The van der Waals surface area contributed by atoms with Crippen molar-refractivity contribution in [2.45, 2.75) is 13.3 Å². The maximum atomic E-state index is 10.6. The SMILES string of the molecule is CCc1cc(C=O)c(C(=O)O)s1. The van der Waals surface area contributed by atoms with Crippen molar-refractivity contribution in [1.29, 1.82) is 0 Å². The number of carboxylic acid groups (broad SMARTS) is 1. The third-order valence-corrected chi connectivity index (χ3v) is 2.76. The summed E-state index contributed by atoms with van der Waals surface area (Å²) in [7, 11) is 0. The van der Waals surface area contributed by atoms with Crippen LogP contribution in [0.25, 0.3) is 0 Å². The molecule has 1 aromatic rings. The molecule has 0 atom stereocenters. The number of carbonyl (C=O) groups is 2. The maximum absolute atomic E-state index is 10.6. The topological polar surface area (TPSA) is 54.4 Å². The normalized spacial score (nSPS) is 9.75. The van der Waals surface area contributed by atoms with E-state index in [-0.39, 0.29) is 10.4 Å². The van der Waals surface area contributed by atoms with Gasteiger partial charge in [0.15, 0.2) is 6.29 Å². The molecular formula is C8H8O3S. The molecule has 3 nitrogen and oxygen atoms in total. The summed E-state index contributed by atoms with van der Waals surface area (Å²) in [5.41, 5.74) is 0.282. The van der Waals surface area contributed by atoms with Gasteiger partial charge in [0.2, 0.25) is 0 Å². The quantitative estimate of drug-likeness (QED) is 0.729. The second kappa shape index (κ2) is 3.49. The minimum Gasteiger partial charge on any atom is -0.477 e. The molecule has 0 aromatic carbocycles. The molecule has 0 aliphatic carbocycles. The Morgan fingerprint density at radius 3 is 2.75 bits per heavy atom. The highest BCUT2D eigenvalue weighted by atomic mass is 32.1. The van der Waals surface area contributed by atoms with E-state index in [1.54, 1.807) is 6.07 Å². The van der Waals surface area contributed by atoms with E-state index in [9.17, 15) is 9.59 Å².